The van der Waals surface area contributed by atoms with Crippen molar-refractivity contribution < 1.29 is 19.4 Å². The summed E-state index contributed by atoms with van der Waals surface area (Å²) in [4.78, 5) is 25.6. The average molecular weight is 474 g/mol. The van der Waals surface area contributed by atoms with Gasteiger partial charge in [-0.2, -0.15) is 0 Å². The molecule has 2 aromatic carbocycles. The first-order chi connectivity index (χ1) is 17.2. The molecule has 0 atom stereocenters. The number of fused-ring (bicyclic) bond motifs is 2. The van der Waals surface area contributed by atoms with Gasteiger partial charge in [0.2, 0.25) is 0 Å². The number of nitrogens with zero attached hydrogens (tertiary/aromatic N) is 3. The molecule has 9 heteroatoms. The number of benzene rings is 2. The van der Waals surface area contributed by atoms with Crippen molar-refractivity contribution in [3.8, 4) is 5.75 Å². The number of ether oxygens (including phenoxy) is 2. The summed E-state index contributed by atoms with van der Waals surface area (Å²) in [6.07, 6.45) is 6.92. The summed E-state index contributed by atoms with van der Waals surface area (Å²) in [5.74, 6) is 0.204. The summed E-state index contributed by atoms with van der Waals surface area (Å²) in [6.45, 7) is 4.86. The zero-order valence-corrected chi connectivity index (χ0v) is 19.2. The number of carboxylic acid groups (broad SMARTS) is 1. The van der Waals surface area contributed by atoms with Crippen LogP contribution in [0.4, 0.5) is 11.5 Å². The Bertz CT molecular complexity index is 1360. The van der Waals surface area contributed by atoms with Gasteiger partial charge in [-0.05, 0) is 42.8 Å². The fourth-order valence-electron chi connectivity index (χ4n) is 4.18. The molecule has 0 unspecified atom stereocenters. The second-order valence-corrected chi connectivity index (χ2v) is 8.36. The number of aromatic amines is 1. The predicted octanol–water partition coefficient (Wildman–Crippen LogP) is 4.05. The maximum atomic E-state index is 11.2. The summed E-state index contributed by atoms with van der Waals surface area (Å²) in [7, 11) is 0. The summed E-state index contributed by atoms with van der Waals surface area (Å²) < 4.78 is 11.5. The molecule has 5 rings (SSSR count). The van der Waals surface area contributed by atoms with Crippen LogP contribution >= 0.6 is 0 Å². The van der Waals surface area contributed by atoms with E-state index in [1.54, 1.807) is 6.08 Å². The molecule has 1 fully saturated rings. The highest BCUT2D eigenvalue weighted by molar-refractivity contribution is 5.95. The first-order valence-corrected chi connectivity index (χ1v) is 11.6. The minimum absolute atomic E-state index is 0.518. The van der Waals surface area contributed by atoms with Crippen LogP contribution in [-0.4, -0.2) is 70.4 Å². The third-order valence-corrected chi connectivity index (χ3v) is 5.97. The first kappa shape index (κ1) is 22.8. The third-order valence-electron chi connectivity index (χ3n) is 5.97. The van der Waals surface area contributed by atoms with Crippen molar-refractivity contribution in [2.75, 3.05) is 44.8 Å². The average Bonchev–Trinajstić information content (AvgIpc) is 3.34. The number of aliphatic carboxylic acids is 1. The molecule has 0 bridgehead atoms. The standard InChI is InChI=1S/C26H27N5O4/c32-25(33)5-2-19-15-21-23(16-24(19)35-11-1-8-31-9-12-34-13-10-31)28-17-29-26(21)30-20-3-4-22-18(14-20)6-7-27-22/h2-7,14-17,27H,1,8-13H2,(H,32,33)(H,28,29,30). The molecule has 1 saturated heterocycles. The SMILES string of the molecule is O=C(O)C=Cc1cc2c(Nc3ccc4[nH]ccc4c3)ncnc2cc1OCCCN1CCOCC1. The molecule has 180 valence electrons. The van der Waals surface area contributed by atoms with Gasteiger partial charge in [0.15, 0.2) is 0 Å². The highest BCUT2D eigenvalue weighted by atomic mass is 16.5. The molecule has 2 aromatic heterocycles. The van der Waals surface area contributed by atoms with Crippen molar-refractivity contribution in [3.05, 3.63) is 60.6 Å². The molecule has 3 heterocycles. The topological polar surface area (TPSA) is 113 Å². The molecule has 1 aliphatic heterocycles. The lowest BCUT2D eigenvalue weighted by molar-refractivity contribution is -0.131. The van der Waals surface area contributed by atoms with E-state index in [1.165, 1.54) is 6.33 Å². The summed E-state index contributed by atoms with van der Waals surface area (Å²) >= 11 is 0. The first-order valence-electron chi connectivity index (χ1n) is 11.6. The van der Waals surface area contributed by atoms with Crippen LogP contribution < -0.4 is 10.1 Å². The van der Waals surface area contributed by atoms with Crippen molar-refractivity contribution in [2.24, 2.45) is 0 Å². The van der Waals surface area contributed by atoms with Gasteiger partial charge in [0.05, 0.1) is 25.3 Å². The summed E-state index contributed by atoms with van der Waals surface area (Å²) in [5, 5.41) is 14.4. The van der Waals surface area contributed by atoms with Gasteiger partial charge in [-0.1, -0.05) is 0 Å². The lowest BCUT2D eigenvalue weighted by Gasteiger charge is -2.26. The molecule has 3 N–H and O–H groups in total. The van der Waals surface area contributed by atoms with E-state index < -0.39 is 5.97 Å². The Labute approximate surface area is 202 Å². The fraction of sp³-hybridized carbons (Fsp3) is 0.269. The van der Waals surface area contributed by atoms with Crippen molar-refractivity contribution in [3.63, 3.8) is 0 Å². The predicted molar refractivity (Wildman–Crippen MR) is 135 cm³/mol. The molecule has 1 aliphatic rings. The Hall–Kier alpha value is -3.95. The van der Waals surface area contributed by atoms with Crippen molar-refractivity contribution >= 4 is 45.4 Å². The zero-order valence-electron chi connectivity index (χ0n) is 19.2. The number of hydrogen-bond donors (Lipinski definition) is 3. The Balaban J connectivity index is 1.38. The second-order valence-electron chi connectivity index (χ2n) is 8.36. The van der Waals surface area contributed by atoms with Crippen molar-refractivity contribution in [1.82, 2.24) is 19.9 Å². The van der Waals surface area contributed by atoms with Gasteiger partial charge in [-0.15, -0.1) is 0 Å². The van der Waals surface area contributed by atoms with E-state index in [1.807, 2.05) is 42.6 Å². The minimum Gasteiger partial charge on any atom is -0.493 e. The Kier molecular flexibility index (Phi) is 6.87. The van der Waals surface area contributed by atoms with Gasteiger partial charge >= 0.3 is 5.97 Å². The molecule has 0 aliphatic carbocycles. The minimum atomic E-state index is -1.02. The maximum Gasteiger partial charge on any atom is 0.328 e. The van der Waals surface area contributed by atoms with E-state index in [2.05, 4.69) is 25.2 Å². The number of anilines is 2. The number of hydrogen-bond acceptors (Lipinski definition) is 7. The van der Waals surface area contributed by atoms with E-state index in [0.717, 1.165) is 67.3 Å². The van der Waals surface area contributed by atoms with Crippen LogP contribution in [0.15, 0.2) is 55.0 Å². The number of H-pyrrole nitrogens is 1. The van der Waals surface area contributed by atoms with Gasteiger partial charge in [-0.25, -0.2) is 14.8 Å². The van der Waals surface area contributed by atoms with Crippen LogP contribution in [0.2, 0.25) is 0 Å². The van der Waals surface area contributed by atoms with E-state index in [0.29, 0.717) is 29.3 Å². The van der Waals surface area contributed by atoms with Gasteiger partial charge in [0.1, 0.15) is 17.9 Å². The Morgan fingerprint density at radius 2 is 2.09 bits per heavy atom. The molecule has 0 amide bonds. The number of carbonyl (C=O) groups is 1. The van der Waals surface area contributed by atoms with Gasteiger partial charge in [-0.3, -0.25) is 4.90 Å². The Morgan fingerprint density at radius 3 is 2.94 bits per heavy atom. The van der Waals surface area contributed by atoms with Gasteiger partial charge < -0.3 is 24.9 Å². The largest absolute Gasteiger partial charge is 0.493 e. The number of carboxylic acids is 1. The van der Waals surface area contributed by atoms with Crippen LogP contribution in [0.1, 0.15) is 12.0 Å². The maximum absolute atomic E-state index is 11.2. The summed E-state index contributed by atoms with van der Waals surface area (Å²) in [5.41, 5.74) is 3.31. The molecule has 4 aromatic rings. The highest BCUT2D eigenvalue weighted by Crippen LogP contribution is 2.31. The third kappa shape index (κ3) is 5.59. The quantitative estimate of drug-likeness (QED) is 0.247. The second kappa shape index (κ2) is 10.5. The van der Waals surface area contributed by atoms with Crippen molar-refractivity contribution in [1.29, 1.82) is 0 Å². The lowest BCUT2D eigenvalue weighted by Crippen LogP contribution is -2.37. The van der Waals surface area contributed by atoms with E-state index in [-0.39, 0.29) is 0 Å². The van der Waals surface area contributed by atoms with Gasteiger partial charge in [0.25, 0.3) is 0 Å². The monoisotopic (exact) mass is 473 g/mol. The van der Waals surface area contributed by atoms with Crippen molar-refractivity contribution in [2.45, 2.75) is 6.42 Å². The number of rotatable bonds is 9. The van der Waals surface area contributed by atoms with E-state index >= 15 is 0 Å². The number of aromatic nitrogens is 3. The fourth-order valence-corrected chi connectivity index (χ4v) is 4.18. The van der Waals surface area contributed by atoms with Crippen LogP contribution in [0.5, 0.6) is 5.75 Å². The molecule has 0 spiro atoms. The Morgan fingerprint density at radius 1 is 1.20 bits per heavy atom. The van der Waals surface area contributed by atoms with Crippen LogP contribution in [-0.2, 0) is 9.53 Å². The molecular formula is C26H27N5O4. The van der Waals surface area contributed by atoms with Crippen LogP contribution in [0.3, 0.4) is 0 Å². The molecular weight excluding hydrogens is 446 g/mol. The van der Waals surface area contributed by atoms with Crippen LogP contribution in [0, 0.1) is 0 Å². The molecule has 0 radical (unpaired) electrons. The lowest BCUT2D eigenvalue weighted by atomic mass is 10.1. The number of nitrogens with one attached hydrogen (secondary N) is 2. The highest BCUT2D eigenvalue weighted by Gasteiger charge is 2.13. The van der Waals surface area contributed by atoms with Crippen LogP contribution in [0.25, 0.3) is 27.9 Å². The normalized spacial score (nSPS) is 14.6. The van der Waals surface area contributed by atoms with E-state index in [9.17, 15) is 9.90 Å². The molecule has 0 saturated carbocycles. The number of morpholine rings is 1. The summed E-state index contributed by atoms with van der Waals surface area (Å²) in [6, 6.07) is 11.7. The molecule has 35 heavy (non-hydrogen) atoms. The molecule has 9 nitrogen and oxygen atoms in total. The van der Waals surface area contributed by atoms with Gasteiger partial charge in [0, 0.05) is 65.5 Å². The zero-order chi connectivity index (χ0) is 24.0. The smallest absolute Gasteiger partial charge is 0.328 e. The van der Waals surface area contributed by atoms with E-state index in [4.69, 9.17) is 9.47 Å².